The van der Waals surface area contributed by atoms with Crippen molar-refractivity contribution in [3.05, 3.63) is 0 Å². The molecule has 1 N–H and O–H groups in total. The Labute approximate surface area is 115 Å². The largest absolute Gasteiger partial charge is 0.481 e. The number of carbonyl (C=O) groups is 2. The number of amides is 1. The molecule has 0 aromatic rings. The Morgan fingerprint density at radius 1 is 1.11 bits per heavy atom. The molecule has 1 heterocycles. The van der Waals surface area contributed by atoms with Gasteiger partial charge in [0.25, 0.3) is 0 Å². The van der Waals surface area contributed by atoms with Crippen molar-refractivity contribution in [1.29, 1.82) is 0 Å². The summed E-state index contributed by atoms with van der Waals surface area (Å²) >= 11 is 0. The van der Waals surface area contributed by atoms with Crippen molar-refractivity contribution in [1.82, 2.24) is 4.90 Å². The summed E-state index contributed by atoms with van der Waals surface area (Å²) in [6.07, 6.45) is 8.24. The number of likely N-dealkylation sites (tertiary alicyclic amines) is 1. The van der Waals surface area contributed by atoms with Crippen LogP contribution in [-0.4, -0.2) is 34.5 Å². The third kappa shape index (κ3) is 3.71. The van der Waals surface area contributed by atoms with E-state index in [4.69, 9.17) is 5.11 Å². The third-order valence-electron chi connectivity index (χ3n) is 4.74. The lowest BCUT2D eigenvalue weighted by Gasteiger charge is -2.37. The highest BCUT2D eigenvalue weighted by Gasteiger charge is 2.33. The normalized spacial score (nSPS) is 29.2. The van der Waals surface area contributed by atoms with Crippen LogP contribution in [0.5, 0.6) is 0 Å². The average molecular weight is 267 g/mol. The summed E-state index contributed by atoms with van der Waals surface area (Å²) in [5, 5.41) is 9.11. The fourth-order valence-corrected chi connectivity index (χ4v) is 3.41. The van der Waals surface area contributed by atoms with Gasteiger partial charge >= 0.3 is 5.97 Å². The summed E-state index contributed by atoms with van der Waals surface area (Å²) < 4.78 is 0. The van der Waals surface area contributed by atoms with Crippen molar-refractivity contribution in [3.63, 3.8) is 0 Å². The molecule has 0 aromatic heterocycles. The minimum absolute atomic E-state index is 0.172. The smallest absolute Gasteiger partial charge is 0.308 e. The van der Waals surface area contributed by atoms with Gasteiger partial charge in [0.2, 0.25) is 5.91 Å². The van der Waals surface area contributed by atoms with Crippen LogP contribution < -0.4 is 0 Å². The molecule has 2 atom stereocenters. The molecule has 19 heavy (non-hydrogen) atoms. The van der Waals surface area contributed by atoms with E-state index in [0.29, 0.717) is 25.3 Å². The molecule has 1 saturated carbocycles. The third-order valence-corrected chi connectivity index (χ3v) is 4.74. The first kappa shape index (κ1) is 14.4. The number of piperidine rings is 1. The monoisotopic (exact) mass is 267 g/mol. The quantitative estimate of drug-likeness (QED) is 0.855. The van der Waals surface area contributed by atoms with Crippen molar-refractivity contribution < 1.29 is 14.7 Å². The molecule has 0 bridgehead atoms. The summed E-state index contributed by atoms with van der Waals surface area (Å²) in [5.74, 6) is -0.433. The lowest BCUT2D eigenvalue weighted by atomic mass is 9.86. The summed E-state index contributed by atoms with van der Waals surface area (Å²) in [4.78, 5) is 25.3. The lowest BCUT2D eigenvalue weighted by Crippen LogP contribution is -2.47. The zero-order valence-electron chi connectivity index (χ0n) is 11.8. The Bertz CT molecular complexity index is 336. The maximum Gasteiger partial charge on any atom is 0.308 e. The second-order valence-electron chi connectivity index (χ2n) is 6.22. The molecule has 4 nitrogen and oxygen atoms in total. The van der Waals surface area contributed by atoms with Gasteiger partial charge in [-0.15, -0.1) is 0 Å². The predicted molar refractivity (Wildman–Crippen MR) is 72.7 cm³/mol. The maximum absolute atomic E-state index is 12.4. The Morgan fingerprint density at radius 2 is 1.79 bits per heavy atom. The van der Waals surface area contributed by atoms with Crippen LogP contribution >= 0.6 is 0 Å². The van der Waals surface area contributed by atoms with Gasteiger partial charge in [-0.25, -0.2) is 0 Å². The van der Waals surface area contributed by atoms with Gasteiger partial charge in [-0.05, 0) is 38.5 Å². The van der Waals surface area contributed by atoms with Crippen LogP contribution in [0.2, 0.25) is 0 Å². The predicted octanol–water partition coefficient (Wildman–Crippen LogP) is 2.67. The molecule has 1 aliphatic heterocycles. The number of carboxylic acid groups (broad SMARTS) is 1. The SMILES string of the molecule is C[C@H]1CC[C@@H](C(=O)O)CN1C(=O)CC1CCCCC1. The molecule has 2 fully saturated rings. The zero-order valence-corrected chi connectivity index (χ0v) is 11.8. The van der Waals surface area contributed by atoms with Crippen molar-refractivity contribution in [2.75, 3.05) is 6.54 Å². The number of carbonyl (C=O) groups excluding carboxylic acids is 1. The molecule has 1 amide bonds. The Balaban J connectivity index is 1.90. The summed E-state index contributed by atoms with van der Waals surface area (Å²) in [6, 6.07) is 0.201. The van der Waals surface area contributed by atoms with Crippen molar-refractivity contribution >= 4 is 11.9 Å². The molecular formula is C15H25NO3. The molecule has 0 spiro atoms. The fraction of sp³-hybridized carbons (Fsp3) is 0.867. The Hall–Kier alpha value is -1.06. The second kappa shape index (κ2) is 6.40. The van der Waals surface area contributed by atoms with E-state index >= 15 is 0 Å². The van der Waals surface area contributed by atoms with E-state index in [2.05, 4.69) is 0 Å². The van der Waals surface area contributed by atoms with Crippen LogP contribution in [0.4, 0.5) is 0 Å². The van der Waals surface area contributed by atoms with Gasteiger partial charge in [0.05, 0.1) is 5.92 Å². The van der Waals surface area contributed by atoms with E-state index in [1.54, 1.807) is 0 Å². The number of carboxylic acids is 1. The van der Waals surface area contributed by atoms with Crippen LogP contribution in [-0.2, 0) is 9.59 Å². The van der Waals surface area contributed by atoms with Crippen molar-refractivity contribution in [3.8, 4) is 0 Å². The molecule has 1 saturated heterocycles. The van der Waals surface area contributed by atoms with Gasteiger partial charge < -0.3 is 10.0 Å². The standard InChI is InChI=1S/C15H25NO3/c1-11-7-8-13(15(18)19)10-16(11)14(17)9-12-5-3-2-4-6-12/h11-13H,2-10H2,1H3,(H,18,19)/t11-,13+/m0/s1. The number of nitrogens with zero attached hydrogens (tertiary/aromatic N) is 1. The van der Waals surface area contributed by atoms with E-state index in [1.165, 1.54) is 19.3 Å². The van der Waals surface area contributed by atoms with Crippen molar-refractivity contribution in [2.24, 2.45) is 11.8 Å². The molecule has 4 heteroatoms. The maximum atomic E-state index is 12.4. The lowest BCUT2D eigenvalue weighted by molar-refractivity contribution is -0.147. The highest BCUT2D eigenvalue weighted by molar-refractivity contribution is 5.78. The first-order valence-electron chi connectivity index (χ1n) is 7.60. The van der Waals surface area contributed by atoms with Crippen molar-refractivity contribution in [2.45, 2.75) is 64.3 Å². The minimum Gasteiger partial charge on any atom is -0.481 e. The Kier molecular flexibility index (Phi) is 4.83. The Morgan fingerprint density at radius 3 is 2.42 bits per heavy atom. The molecule has 0 aromatic carbocycles. The molecule has 2 rings (SSSR count). The first-order chi connectivity index (χ1) is 9.08. The van der Waals surface area contributed by atoms with E-state index in [1.807, 2.05) is 11.8 Å². The van der Waals surface area contributed by atoms with E-state index < -0.39 is 5.97 Å². The molecule has 108 valence electrons. The van der Waals surface area contributed by atoms with Crippen LogP contribution in [0, 0.1) is 11.8 Å². The second-order valence-corrected chi connectivity index (χ2v) is 6.22. The van der Waals surface area contributed by atoms with Gasteiger partial charge in [-0.1, -0.05) is 19.3 Å². The van der Waals surface area contributed by atoms with Crippen LogP contribution in [0.25, 0.3) is 0 Å². The molecular weight excluding hydrogens is 242 g/mol. The summed E-state index contributed by atoms with van der Waals surface area (Å²) in [6.45, 7) is 2.44. The highest BCUT2D eigenvalue weighted by Crippen LogP contribution is 2.29. The van der Waals surface area contributed by atoms with Crippen LogP contribution in [0.15, 0.2) is 0 Å². The van der Waals surface area contributed by atoms with Crippen LogP contribution in [0.1, 0.15) is 58.3 Å². The molecule has 1 aliphatic carbocycles. The van der Waals surface area contributed by atoms with E-state index in [9.17, 15) is 9.59 Å². The average Bonchev–Trinajstić information content (AvgIpc) is 2.40. The number of aliphatic carboxylic acids is 1. The van der Waals surface area contributed by atoms with E-state index in [-0.39, 0.29) is 17.9 Å². The molecule has 0 radical (unpaired) electrons. The summed E-state index contributed by atoms with van der Waals surface area (Å²) in [5.41, 5.74) is 0. The topological polar surface area (TPSA) is 57.6 Å². The first-order valence-corrected chi connectivity index (χ1v) is 7.60. The number of rotatable bonds is 3. The molecule has 2 aliphatic rings. The van der Waals surface area contributed by atoms with Gasteiger partial charge in [0.1, 0.15) is 0 Å². The summed E-state index contributed by atoms with van der Waals surface area (Å²) in [7, 11) is 0. The van der Waals surface area contributed by atoms with Gasteiger partial charge in [0, 0.05) is 19.0 Å². The number of hydrogen-bond donors (Lipinski definition) is 1. The highest BCUT2D eigenvalue weighted by atomic mass is 16.4. The number of hydrogen-bond acceptors (Lipinski definition) is 2. The fourth-order valence-electron chi connectivity index (χ4n) is 3.41. The van der Waals surface area contributed by atoms with Crippen LogP contribution in [0.3, 0.4) is 0 Å². The minimum atomic E-state index is -0.762. The van der Waals surface area contributed by atoms with Gasteiger partial charge in [-0.2, -0.15) is 0 Å². The molecule has 0 unspecified atom stereocenters. The zero-order chi connectivity index (χ0) is 13.8. The van der Waals surface area contributed by atoms with E-state index in [0.717, 1.165) is 19.3 Å². The van der Waals surface area contributed by atoms with Gasteiger partial charge in [-0.3, -0.25) is 9.59 Å². The van der Waals surface area contributed by atoms with Gasteiger partial charge in [0.15, 0.2) is 0 Å².